The number of amides is 1. The topological polar surface area (TPSA) is 32.8 Å². The quantitative estimate of drug-likeness (QED) is 0.523. The van der Waals surface area contributed by atoms with Gasteiger partial charge in [0.2, 0.25) is 0 Å². The number of hydrogen-bond donors (Lipinski definition) is 0. The zero-order chi connectivity index (χ0) is 21.4. The first-order chi connectivity index (χ1) is 13.7. The van der Waals surface area contributed by atoms with E-state index in [1.165, 1.54) is 12.1 Å². The van der Waals surface area contributed by atoms with Crippen molar-refractivity contribution < 1.29 is 22.8 Å². The predicted octanol–water partition coefficient (Wildman–Crippen LogP) is 5.07. The first-order valence-corrected chi connectivity index (χ1v) is 9.73. The number of benzene rings is 2. The van der Waals surface area contributed by atoms with Gasteiger partial charge >= 0.3 is 6.18 Å². The molecular formula is C21H24ClF3N2O2. The van der Waals surface area contributed by atoms with Crippen LogP contribution in [0.25, 0.3) is 0 Å². The summed E-state index contributed by atoms with van der Waals surface area (Å²) in [5.41, 5.74) is -0.0938. The van der Waals surface area contributed by atoms with Crippen LogP contribution in [0.3, 0.4) is 0 Å². The van der Waals surface area contributed by atoms with Crippen LogP contribution < -0.4 is 4.84 Å². The lowest BCUT2D eigenvalue weighted by molar-refractivity contribution is -0.157. The molecule has 0 radical (unpaired) electrons. The molecule has 0 aromatic heterocycles. The van der Waals surface area contributed by atoms with Gasteiger partial charge in [-0.05, 0) is 49.0 Å². The van der Waals surface area contributed by atoms with Gasteiger partial charge in [0.25, 0.3) is 5.91 Å². The molecule has 0 saturated carbocycles. The third-order valence-corrected chi connectivity index (χ3v) is 4.69. The Labute approximate surface area is 173 Å². The summed E-state index contributed by atoms with van der Waals surface area (Å²) in [6, 6.07) is 11.3. The highest BCUT2D eigenvalue weighted by atomic mass is 35.5. The molecule has 1 amide bonds. The van der Waals surface area contributed by atoms with E-state index < -0.39 is 11.7 Å². The van der Waals surface area contributed by atoms with Crippen LogP contribution in [-0.2, 0) is 17.4 Å². The largest absolute Gasteiger partial charge is 0.416 e. The number of likely N-dealkylation sites (N-methyl/N-ethyl adjacent to an activating group) is 1. The van der Waals surface area contributed by atoms with Crippen molar-refractivity contribution in [3.05, 3.63) is 64.7 Å². The molecule has 4 nitrogen and oxygen atoms in total. The highest BCUT2D eigenvalue weighted by Crippen LogP contribution is 2.31. The summed E-state index contributed by atoms with van der Waals surface area (Å²) < 4.78 is 38.9. The lowest BCUT2D eigenvalue weighted by Gasteiger charge is -2.26. The van der Waals surface area contributed by atoms with Gasteiger partial charge in [-0.25, -0.2) is 0 Å². The second kappa shape index (κ2) is 10.5. The number of halogens is 4. The highest BCUT2D eigenvalue weighted by molar-refractivity contribution is 6.30. The third kappa shape index (κ3) is 7.25. The maximum Gasteiger partial charge on any atom is 0.416 e. The van der Waals surface area contributed by atoms with Crippen molar-refractivity contribution in [2.24, 2.45) is 0 Å². The summed E-state index contributed by atoms with van der Waals surface area (Å²) >= 11 is 5.87. The van der Waals surface area contributed by atoms with E-state index in [1.54, 1.807) is 24.3 Å². The minimum atomic E-state index is -4.49. The third-order valence-electron chi connectivity index (χ3n) is 4.44. The molecule has 2 aromatic rings. The average molecular weight is 429 g/mol. The van der Waals surface area contributed by atoms with Gasteiger partial charge in [-0.3, -0.25) is 4.79 Å². The van der Waals surface area contributed by atoms with E-state index in [0.29, 0.717) is 11.6 Å². The molecule has 158 valence electrons. The smallest absolute Gasteiger partial charge is 0.377 e. The van der Waals surface area contributed by atoms with Gasteiger partial charge in [0, 0.05) is 11.6 Å². The van der Waals surface area contributed by atoms with E-state index in [0.717, 1.165) is 35.8 Å². The second-order valence-corrected chi connectivity index (χ2v) is 6.88. The van der Waals surface area contributed by atoms with Crippen molar-refractivity contribution in [3.8, 4) is 5.75 Å². The summed E-state index contributed by atoms with van der Waals surface area (Å²) in [5.74, 6) is -0.388. The van der Waals surface area contributed by atoms with Gasteiger partial charge in [-0.2, -0.15) is 18.2 Å². The maximum absolute atomic E-state index is 13.0. The minimum absolute atomic E-state index is 0.0381. The minimum Gasteiger partial charge on any atom is -0.377 e. The van der Waals surface area contributed by atoms with E-state index in [-0.39, 0.29) is 24.6 Å². The Morgan fingerprint density at radius 3 is 2.28 bits per heavy atom. The van der Waals surface area contributed by atoms with Gasteiger partial charge in [0.15, 0.2) is 5.75 Å². The van der Waals surface area contributed by atoms with E-state index in [9.17, 15) is 18.0 Å². The van der Waals surface area contributed by atoms with E-state index in [2.05, 4.69) is 4.90 Å². The fraction of sp³-hybridized carbons (Fsp3) is 0.381. The Hall–Kier alpha value is -2.25. The number of nitrogens with zero attached hydrogens (tertiary/aromatic N) is 2. The number of carbonyl (C=O) groups is 1. The first kappa shape index (κ1) is 23.0. The molecule has 0 atom stereocenters. The number of hydrogen-bond acceptors (Lipinski definition) is 3. The number of hydroxylamine groups is 2. The van der Waals surface area contributed by atoms with Crippen LogP contribution >= 0.6 is 11.6 Å². The lowest BCUT2D eigenvalue weighted by atomic mass is 10.1. The second-order valence-electron chi connectivity index (χ2n) is 6.44. The molecule has 0 aliphatic rings. The molecular weight excluding hydrogens is 405 g/mol. The molecule has 0 fully saturated rings. The number of alkyl halides is 3. The Morgan fingerprint density at radius 2 is 1.69 bits per heavy atom. The van der Waals surface area contributed by atoms with E-state index in [4.69, 9.17) is 16.4 Å². The van der Waals surface area contributed by atoms with Crippen molar-refractivity contribution in [1.82, 2.24) is 9.96 Å². The summed E-state index contributed by atoms with van der Waals surface area (Å²) in [5, 5.41) is 1.68. The fourth-order valence-electron chi connectivity index (χ4n) is 2.71. The summed E-state index contributed by atoms with van der Waals surface area (Å²) in [6.45, 7) is 6.34. The Balaban J connectivity index is 2.17. The van der Waals surface area contributed by atoms with Crippen LogP contribution in [-0.4, -0.2) is 42.0 Å². The summed E-state index contributed by atoms with van der Waals surface area (Å²) in [6.07, 6.45) is -4.44. The molecule has 0 bridgehead atoms. The number of carbonyl (C=O) groups excluding carboxylic acids is 1. The van der Waals surface area contributed by atoms with Crippen LogP contribution in [0.5, 0.6) is 5.75 Å². The fourth-order valence-corrected chi connectivity index (χ4v) is 2.84. The molecule has 2 rings (SSSR count). The van der Waals surface area contributed by atoms with Crippen molar-refractivity contribution >= 4 is 17.5 Å². The molecule has 29 heavy (non-hydrogen) atoms. The van der Waals surface area contributed by atoms with Gasteiger partial charge < -0.3 is 9.74 Å². The molecule has 0 N–H and O–H groups in total. The Morgan fingerprint density at radius 1 is 1.03 bits per heavy atom. The summed E-state index contributed by atoms with van der Waals surface area (Å²) in [7, 11) is 0. The average Bonchev–Trinajstić information content (AvgIpc) is 2.69. The van der Waals surface area contributed by atoms with Gasteiger partial charge in [0.05, 0.1) is 18.5 Å². The molecule has 0 unspecified atom stereocenters. The molecule has 0 heterocycles. The lowest BCUT2D eigenvalue weighted by Crippen LogP contribution is -2.41. The van der Waals surface area contributed by atoms with Gasteiger partial charge in [0.1, 0.15) is 0 Å². The predicted molar refractivity (Wildman–Crippen MR) is 107 cm³/mol. The van der Waals surface area contributed by atoms with E-state index in [1.807, 2.05) is 13.8 Å². The zero-order valence-electron chi connectivity index (χ0n) is 16.4. The zero-order valence-corrected chi connectivity index (χ0v) is 17.1. The number of rotatable bonds is 9. The van der Waals surface area contributed by atoms with Crippen molar-refractivity contribution in [2.75, 3.05) is 26.2 Å². The van der Waals surface area contributed by atoms with Crippen molar-refractivity contribution in [2.45, 2.75) is 26.4 Å². The molecule has 0 saturated heterocycles. The molecule has 0 aliphatic carbocycles. The molecule has 2 aromatic carbocycles. The highest BCUT2D eigenvalue weighted by Gasteiger charge is 2.31. The van der Waals surface area contributed by atoms with Crippen LogP contribution in [0, 0.1) is 0 Å². The molecule has 0 spiro atoms. The standard InChI is InChI=1S/C21H24ClF3N2O2/c1-3-26(4-2)12-13-27(20(28)14-16-8-10-18(22)11-9-16)29-19-7-5-6-17(15-19)21(23,24)25/h5-11,15H,3-4,12-14H2,1-2H3. The SMILES string of the molecule is CCN(CC)CCN(Oc1cccc(C(F)(F)F)c1)C(=O)Cc1ccc(Cl)cc1. The van der Waals surface area contributed by atoms with Crippen LogP contribution in [0.1, 0.15) is 25.0 Å². The Bertz CT molecular complexity index is 793. The van der Waals surface area contributed by atoms with Crippen LogP contribution in [0.2, 0.25) is 5.02 Å². The monoisotopic (exact) mass is 428 g/mol. The Kier molecular flexibility index (Phi) is 8.34. The summed E-state index contributed by atoms with van der Waals surface area (Å²) in [4.78, 5) is 20.5. The van der Waals surface area contributed by atoms with E-state index >= 15 is 0 Å². The van der Waals surface area contributed by atoms with Gasteiger partial charge in [-0.15, -0.1) is 0 Å². The first-order valence-electron chi connectivity index (χ1n) is 9.35. The van der Waals surface area contributed by atoms with Crippen molar-refractivity contribution in [1.29, 1.82) is 0 Å². The maximum atomic E-state index is 13.0. The van der Waals surface area contributed by atoms with Crippen LogP contribution in [0.15, 0.2) is 48.5 Å². The molecule has 8 heteroatoms. The van der Waals surface area contributed by atoms with Crippen LogP contribution in [0.4, 0.5) is 13.2 Å². The van der Waals surface area contributed by atoms with Gasteiger partial charge in [-0.1, -0.05) is 43.6 Å². The molecule has 0 aliphatic heterocycles. The normalized spacial score (nSPS) is 11.6. The van der Waals surface area contributed by atoms with Crippen molar-refractivity contribution in [3.63, 3.8) is 0 Å².